The first kappa shape index (κ1) is 15.9. The van der Waals surface area contributed by atoms with E-state index in [4.69, 9.17) is 12.2 Å². The number of hydrazone groups is 1. The third kappa shape index (κ3) is 3.99. The van der Waals surface area contributed by atoms with E-state index in [1.807, 2.05) is 62.6 Å². The van der Waals surface area contributed by atoms with Crippen molar-refractivity contribution < 1.29 is 4.79 Å². The van der Waals surface area contributed by atoms with Crippen LogP contribution in [0.25, 0.3) is 0 Å². The lowest BCUT2D eigenvalue weighted by Crippen LogP contribution is -2.32. The number of carbonyl (C=O) groups is 1. The van der Waals surface area contributed by atoms with E-state index in [1.54, 1.807) is 17.0 Å². The summed E-state index contributed by atoms with van der Waals surface area (Å²) in [4.78, 5) is 14.4. The molecule has 0 saturated heterocycles. The number of rotatable bonds is 4. The SMILES string of the molecule is CN(C)C(=S)N/N=C(\C(=O)c1ccccc1)c1ccccc1. The van der Waals surface area contributed by atoms with Gasteiger partial charge in [-0.1, -0.05) is 60.7 Å². The van der Waals surface area contributed by atoms with Crippen LogP contribution in [0.15, 0.2) is 65.8 Å². The number of nitrogens with zero attached hydrogens (tertiary/aromatic N) is 2. The van der Waals surface area contributed by atoms with Gasteiger partial charge in [0, 0.05) is 25.2 Å². The molecule has 0 heterocycles. The molecule has 1 N–H and O–H groups in total. The molecule has 0 saturated carbocycles. The zero-order valence-electron chi connectivity index (χ0n) is 12.5. The van der Waals surface area contributed by atoms with Crippen molar-refractivity contribution in [2.75, 3.05) is 14.1 Å². The molecule has 0 radical (unpaired) electrons. The normalized spacial score (nSPS) is 10.9. The Hall–Kier alpha value is -2.53. The summed E-state index contributed by atoms with van der Waals surface area (Å²) in [6.45, 7) is 0. The van der Waals surface area contributed by atoms with Crippen LogP contribution >= 0.6 is 12.2 Å². The van der Waals surface area contributed by atoms with E-state index in [1.165, 1.54) is 0 Å². The van der Waals surface area contributed by atoms with Gasteiger partial charge in [-0.3, -0.25) is 10.2 Å². The van der Waals surface area contributed by atoms with Crippen molar-refractivity contribution in [2.45, 2.75) is 0 Å². The zero-order valence-corrected chi connectivity index (χ0v) is 13.3. The fourth-order valence-corrected chi connectivity index (χ4v) is 1.82. The molecule has 22 heavy (non-hydrogen) atoms. The second kappa shape index (κ2) is 7.47. The van der Waals surface area contributed by atoms with Gasteiger partial charge in [-0.2, -0.15) is 5.10 Å². The molecule has 0 amide bonds. The molecule has 0 bridgehead atoms. The van der Waals surface area contributed by atoms with Gasteiger partial charge in [-0.25, -0.2) is 0 Å². The molecule has 2 rings (SSSR count). The topological polar surface area (TPSA) is 44.7 Å². The summed E-state index contributed by atoms with van der Waals surface area (Å²) in [6.07, 6.45) is 0. The molecule has 0 aromatic heterocycles. The van der Waals surface area contributed by atoms with Crippen LogP contribution in [0, 0.1) is 0 Å². The van der Waals surface area contributed by atoms with E-state index in [2.05, 4.69) is 10.5 Å². The summed E-state index contributed by atoms with van der Waals surface area (Å²) in [6, 6.07) is 18.4. The van der Waals surface area contributed by atoms with E-state index >= 15 is 0 Å². The van der Waals surface area contributed by atoms with Crippen molar-refractivity contribution >= 4 is 28.8 Å². The third-order valence-corrected chi connectivity index (χ3v) is 3.42. The Labute approximate surface area is 135 Å². The predicted molar refractivity (Wildman–Crippen MR) is 93.2 cm³/mol. The maximum Gasteiger partial charge on any atom is 0.213 e. The molecule has 112 valence electrons. The largest absolute Gasteiger partial charge is 0.354 e. The number of ketones is 1. The highest BCUT2D eigenvalue weighted by molar-refractivity contribution is 7.80. The van der Waals surface area contributed by atoms with Crippen molar-refractivity contribution in [3.05, 3.63) is 71.8 Å². The van der Waals surface area contributed by atoms with Crippen LogP contribution < -0.4 is 5.43 Å². The lowest BCUT2D eigenvalue weighted by Gasteiger charge is -2.13. The Morgan fingerprint density at radius 1 is 0.955 bits per heavy atom. The van der Waals surface area contributed by atoms with Crippen LogP contribution in [-0.4, -0.2) is 35.6 Å². The average Bonchev–Trinajstić information content (AvgIpc) is 2.56. The molecule has 0 unspecified atom stereocenters. The number of hydrogen-bond acceptors (Lipinski definition) is 3. The highest BCUT2D eigenvalue weighted by Crippen LogP contribution is 2.08. The molecule has 0 spiro atoms. The first-order valence-corrected chi connectivity index (χ1v) is 7.20. The fourth-order valence-electron chi connectivity index (χ4n) is 1.77. The number of thiocarbonyl (C=S) groups is 1. The van der Waals surface area contributed by atoms with Crippen LogP contribution in [0.4, 0.5) is 0 Å². The Morgan fingerprint density at radius 2 is 1.45 bits per heavy atom. The lowest BCUT2D eigenvalue weighted by atomic mass is 10.0. The van der Waals surface area contributed by atoms with Crippen molar-refractivity contribution in [2.24, 2.45) is 5.10 Å². The van der Waals surface area contributed by atoms with Gasteiger partial charge in [-0.15, -0.1) is 0 Å². The molecule has 4 nitrogen and oxygen atoms in total. The van der Waals surface area contributed by atoms with Crippen LogP contribution in [0.2, 0.25) is 0 Å². The number of nitrogens with one attached hydrogen (secondary N) is 1. The van der Waals surface area contributed by atoms with Gasteiger partial charge in [0.05, 0.1) is 0 Å². The Balaban J connectivity index is 2.36. The van der Waals surface area contributed by atoms with Crippen molar-refractivity contribution in [3.8, 4) is 0 Å². The summed E-state index contributed by atoms with van der Waals surface area (Å²) in [5.41, 5.74) is 4.41. The molecule has 0 aliphatic heterocycles. The monoisotopic (exact) mass is 311 g/mol. The molecule has 0 atom stereocenters. The summed E-state index contributed by atoms with van der Waals surface area (Å²) >= 11 is 5.15. The molecule has 0 aliphatic rings. The summed E-state index contributed by atoms with van der Waals surface area (Å²) < 4.78 is 0. The van der Waals surface area contributed by atoms with Crippen LogP contribution in [0.1, 0.15) is 15.9 Å². The second-order valence-electron chi connectivity index (χ2n) is 4.83. The van der Waals surface area contributed by atoms with Gasteiger partial charge in [0.1, 0.15) is 5.71 Å². The van der Waals surface area contributed by atoms with E-state index in [0.29, 0.717) is 16.4 Å². The minimum atomic E-state index is -0.152. The summed E-state index contributed by atoms with van der Waals surface area (Å²) in [5, 5.41) is 4.66. The number of Topliss-reactive ketones (excluding diaryl/α,β-unsaturated/α-hetero) is 1. The number of carbonyl (C=O) groups excluding carboxylic acids is 1. The smallest absolute Gasteiger partial charge is 0.213 e. The Kier molecular flexibility index (Phi) is 5.38. The lowest BCUT2D eigenvalue weighted by molar-refractivity contribution is 0.106. The Morgan fingerprint density at radius 3 is 1.95 bits per heavy atom. The minimum Gasteiger partial charge on any atom is -0.354 e. The van der Waals surface area contributed by atoms with Gasteiger partial charge in [0.15, 0.2) is 5.11 Å². The van der Waals surface area contributed by atoms with E-state index in [-0.39, 0.29) is 5.78 Å². The van der Waals surface area contributed by atoms with Gasteiger partial charge in [-0.05, 0) is 12.2 Å². The number of hydrogen-bond donors (Lipinski definition) is 1. The molecule has 0 aliphatic carbocycles. The van der Waals surface area contributed by atoms with E-state index in [9.17, 15) is 4.79 Å². The molecule has 2 aromatic rings. The molecular formula is C17H17N3OS. The van der Waals surface area contributed by atoms with Crippen LogP contribution in [-0.2, 0) is 0 Å². The second-order valence-corrected chi connectivity index (χ2v) is 5.22. The molecule has 5 heteroatoms. The van der Waals surface area contributed by atoms with E-state index in [0.717, 1.165) is 5.56 Å². The van der Waals surface area contributed by atoms with Gasteiger partial charge in [0.2, 0.25) is 5.78 Å². The standard InChI is InChI=1S/C17H17N3OS/c1-20(2)17(22)19-18-15(13-9-5-3-6-10-13)16(21)14-11-7-4-8-12-14/h3-12H,1-2H3,(H,19,22)/b18-15-. The van der Waals surface area contributed by atoms with Crippen LogP contribution in [0.5, 0.6) is 0 Å². The average molecular weight is 311 g/mol. The summed E-state index contributed by atoms with van der Waals surface area (Å²) in [7, 11) is 3.62. The molecule has 0 fully saturated rings. The minimum absolute atomic E-state index is 0.152. The van der Waals surface area contributed by atoms with Crippen molar-refractivity contribution in [1.82, 2.24) is 10.3 Å². The first-order chi connectivity index (χ1) is 10.6. The summed E-state index contributed by atoms with van der Waals surface area (Å²) in [5.74, 6) is -0.152. The van der Waals surface area contributed by atoms with Crippen molar-refractivity contribution in [1.29, 1.82) is 0 Å². The maximum atomic E-state index is 12.7. The highest BCUT2D eigenvalue weighted by Gasteiger charge is 2.16. The highest BCUT2D eigenvalue weighted by atomic mass is 32.1. The fraction of sp³-hybridized carbons (Fsp3) is 0.118. The molecular weight excluding hydrogens is 294 g/mol. The van der Waals surface area contributed by atoms with Gasteiger partial charge >= 0.3 is 0 Å². The quantitative estimate of drug-likeness (QED) is 0.408. The first-order valence-electron chi connectivity index (χ1n) is 6.79. The van der Waals surface area contributed by atoms with E-state index < -0.39 is 0 Å². The van der Waals surface area contributed by atoms with Crippen molar-refractivity contribution in [3.63, 3.8) is 0 Å². The zero-order chi connectivity index (χ0) is 15.9. The Bertz CT molecular complexity index is 682. The van der Waals surface area contributed by atoms with Gasteiger partial charge < -0.3 is 4.90 Å². The molecule has 2 aromatic carbocycles. The van der Waals surface area contributed by atoms with Gasteiger partial charge in [0.25, 0.3) is 0 Å². The van der Waals surface area contributed by atoms with Crippen LogP contribution in [0.3, 0.4) is 0 Å². The predicted octanol–water partition coefficient (Wildman–Crippen LogP) is 2.71. The number of benzene rings is 2. The maximum absolute atomic E-state index is 12.7. The third-order valence-electron chi connectivity index (χ3n) is 2.97.